The molecule has 0 aromatic heterocycles. The third-order valence-corrected chi connectivity index (χ3v) is 4.60. The number of aryl methyl sites for hydroxylation is 1. The number of benzene rings is 3. The Hall–Kier alpha value is -4.35. The van der Waals surface area contributed by atoms with Gasteiger partial charge in [0.05, 0.1) is 12.7 Å². The van der Waals surface area contributed by atoms with Gasteiger partial charge in [-0.1, -0.05) is 6.07 Å². The Labute approximate surface area is 195 Å². The molecule has 0 radical (unpaired) electrons. The zero-order valence-electron chi connectivity index (χ0n) is 18.1. The predicted octanol–water partition coefficient (Wildman–Crippen LogP) is 5.32. The number of nitrogens with one attached hydrogen (secondary N) is 1. The Balaban J connectivity index is 1.94. The molecule has 0 atom stereocenters. The van der Waals surface area contributed by atoms with Crippen molar-refractivity contribution in [3.05, 3.63) is 76.9 Å². The van der Waals surface area contributed by atoms with Crippen LogP contribution in [0.25, 0.3) is 0 Å². The smallest absolute Gasteiger partial charge is 0.493 e. The van der Waals surface area contributed by atoms with Crippen LogP contribution in [0.4, 0.5) is 27.6 Å². The van der Waals surface area contributed by atoms with Gasteiger partial charge in [-0.15, -0.1) is 13.2 Å². The van der Waals surface area contributed by atoms with Crippen molar-refractivity contribution < 1.29 is 45.8 Å². The summed E-state index contributed by atoms with van der Waals surface area (Å²) in [5, 5.41) is 2.30. The molecule has 35 heavy (non-hydrogen) atoms. The Kier molecular flexibility index (Phi) is 7.13. The fourth-order valence-electron chi connectivity index (χ4n) is 2.99. The van der Waals surface area contributed by atoms with Gasteiger partial charge in [0.25, 0.3) is 11.8 Å². The second kappa shape index (κ2) is 9.87. The first kappa shape index (κ1) is 25.3. The summed E-state index contributed by atoms with van der Waals surface area (Å²) in [7, 11) is 1.16. The van der Waals surface area contributed by atoms with Gasteiger partial charge in [0.1, 0.15) is 28.7 Å². The number of methoxy groups -OCH3 is 1. The number of carbonyl (C=O) groups excluding carboxylic acids is 2. The maximum absolute atomic E-state index is 14.9. The first-order valence-electron chi connectivity index (χ1n) is 9.71. The molecule has 0 aliphatic heterocycles. The van der Waals surface area contributed by atoms with Gasteiger partial charge < -0.3 is 25.3 Å². The largest absolute Gasteiger partial charge is 0.573 e. The predicted molar refractivity (Wildman–Crippen MR) is 114 cm³/mol. The molecular formula is C23H17F5N2O5. The van der Waals surface area contributed by atoms with E-state index in [1.165, 1.54) is 25.1 Å². The van der Waals surface area contributed by atoms with Crippen LogP contribution in [-0.4, -0.2) is 25.3 Å². The second-order valence-corrected chi connectivity index (χ2v) is 7.05. The van der Waals surface area contributed by atoms with Crippen LogP contribution in [0.15, 0.2) is 48.5 Å². The highest BCUT2D eigenvalue weighted by atomic mass is 19.4. The number of halogens is 5. The quantitative estimate of drug-likeness (QED) is 0.431. The minimum atomic E-state index is -4.94. The molecule has 3 aromatic carbocycles. The molecule has 3 aromatic rings. The van der Waals surface area contributed by atoms with Crippen LogP contribution in [-0.2, 0) is 0 Å². The SMILES string of the molecule is COc1cc(OC(F)(F)F)ccc1Oc1ccc(C)c(F)c1C(=O)Nc1ccc(C(N)=O)c(F)c1. The number of alkyl halides is 3. The van der Waals surface area contributed by atoms with Gasteiger partial charge in [-0.3, -0.25) is 9.59 Å². The molecule has 0 aliphatic rings. The van der Waals surface area contributed by atoms with E-state index in [1.54, 1.807) is 0 Å². The normalized spacial score (nSPS) is 11.1. The molecule has 7 nitrogen and oxygen atoms in total. The summed E-state index contributed by atoms with van der Waals surface area (Å²) in [5.41, 5.74) is 4.05. The van der Waals surface area contributed by atoms with E-state index in [0.29, 0.717) is 0 Å². The lowest BCUT2D eigenvalue weighted by molar-refractivity contribution is -0.274. The first-order valence-corrected chi connectivity index (χ1v) is 9.71. The molecule has 2 amide bonds. The molecule has 3 rings (SSSR count). The van der Waals surface area contributed by atoms with Crippen LogP contribution in [0.5, 0.6) is 23.0 Å². The Morgan fingerprint density at radius 3 is 2.23 bits per heavy atom. The summed E-state index contributed by atoms with van der Waals surface area (Å²) in [4.78, 5) is 24.0. The molecule has 184 valence electrons. The average Bonchev–Trinajstić information content (AvgIpc) is 2.76. The zero-order valence-corrected chi connectivity index (χ0v) is 18.1. The number of nitrogens with two attached hydrogens (primary N) is 1. The van der Waals surface area contributed by atoms with Crippen LogP contribution in [0.1, 0.15) is 26.3 Å². The van der Waals surface area contributed by atoms with Gasteiger partial charge in [0, 0.05) is 11.8 Å². The highest BCUT2D eigenvalue weighted by Crippen LogP contribution is 2.38. The second-order valence-electron chi connectivity index (χ2n) is 7.05. The van der Waals surface area contributed by atoms with Crippen LogP contribution in [0, 0.1) is 18.6 Å². The van der Waals surface area contributed by atoms with Gasteiger partial charge in [-0.2, -0.15) is 0 Å². The van der Waals surface area contributed by atoms with Crippen molar-refractivity contribution in [3.63, 3.8) is 0 Å². The summed E-state index contributed by atoms with van der Waals surface area (Å²) in [5.74, 6) is -5.21. The Morgan fingerprint density at radius 1 is 0.943 bits per heavy atom. The van der Waals surface area contributed by atoms with Crippen LogP contribution >= 0.6 is 0 Å². The molecule has 0 aliphatic carbocycles. The van der Waals surface area contributed by atoms with E-state index in [2.05, 4.69) is 10.1 Å². The Bertz CT molecular complexity index is 1290. The average molecular weight is 496 g/mol. The van der Waals surface area contributed by atoms with Crippen molar-refractivity contribution in [1.82, 2.24) is 0 Å². The highest BCUT2D eigenvalue weighted by molar-refractivity contribution is 6.07. The van der Waals surface area contributed by atoms with E-state index in [1.807, 2.05) is 0 Å². The maximum Gasteiger partial charge on any atom is 0.573 e. The lowest BCUT2D eigenvalue weighted by atomic mass is 10.1. The summed E-state index contributed by atoms with van der Waals surface area (Å²) >= 11 is 0. The van der Waals surface area contributed by atoms with E-state index >= 15 is 0 Å². The fourth-order valence-corrected chi connectivity index (χ4v) is 2.99. The van der Waals surface area contributed by atoms with Crippen molar-refractivity contribution >= 4 is 17.5 Å². The van der Waals surface area contributed by atoms with E-state index in [4.69, 9.17) is 15.2 Å². The molecule has 3 N–H and O–H groups in total. The van der Waals surface area contributed by atoms with Crippen molar-refractivity contribution in [3.8, 4) is 23.0 Å². The zero-order chi connectivity index (χ0) is 25.9. The first-order chi connectivity index (χ1) is 16.4. The number of amides is 2. The molecule has 12 heteroatoms. The highest BCUT2D eigenvalue weighted by Gasteiger charge is 2.31. The van der Waals surface area contributed by atoms with Crippen LogP contribution in [0.3, 0.4) is 0 Å². The van der Waals surface area contributed by atoms with Crippen molar-refractivity contribution in [2.75, 3.05) is 12.4 Å². The minimum Gasteiger partial charge on any atom is -0.493 e. The summed E-state index contributed by atoms with van der Waals surface area (Å²) in [6.45, 7) is 1.39. The van der Waals surface area contributed by atoms with Crippen LogP contribution in [0.2, 0.25) is 0 Å². The number of hydrogen-bond donors (Lipinski definition) is 2. The van der Waals surface area contributed by atoms with E-state index < -0.39 is 46.7 Å². The van der Waals surface area contributed by atoms with Crippen molar-refractivity contribution in [2.45, 2.75) is 13.3 Å². The van der Waals surface area contributed by atoms with Gasteiger partial charge in [-0.05, 0) is 48.9 Å². The van der Waals surface area contributed by atoms with Gasteiger partial charge >= 0.3 is 6.36 Å². The lowest BCUT2D eigenvalue weighted by Crippen LogP contribution is -2.17. The number of anilines is 1. The summed E-state index contributed by atoms with van der Waals surface area (Å²) in [6.07, 6.45) is -4.94. The maximum atomic E-state index is 14.9. The molecule has 0 saturated heterocycles. The van der Waals surface area contributed by atoms with Crippen molar-refractivity contribution in [1.29, 1.82) is 0 Å². The molecule has 0 unspecified atom stereocenters. The molecule has 0 fully saturated rings. The third-order valence-electron chi connectivity index (χ3n) is 4.60. The molecule has 0 saturated carbocycles. The molecule has 0 bridgehead atoms. The van der Waals surface area contributed by atoms with Crippen LogP contribution < -0.4 is 25.3 Å². The lowest BCUT2D eigenvalue weighted by Gasteiger charge is -2.16. The fraction of sp³-hybridized carbons (Fsp3) is 0.130. The summed E-state index contributed by atoms with van der Waals surface area (Å²) < 4.78 is 80.9. The number of ether oxygens (including phenoxy) is 3. The van der Waals surface area contributed by atoms with Gasteiger partial charge in [-0.25, -0.2) is 8.78 Å². The van der Waals surface area contributed by atoms with E-state index in [0.717, 1.165) is 37.4 Å². The van der Waals surface area contributed by atoms with Crippen molar-refractivity contribution in [2.24, 2.45) is 5.73 Å². The standard InChI is InChI=1S/C23H17F5N2O5/c1-11-3-7-17(34-16-8-5-13(10-18(16)33-2)35-23(26,27)28)19(20(11)25)22(32)30-12-4-6-14(21(29)31)15(24)9-12/h3-10H,1-2H3,(H2,29,31)(H,30,32). The molecular weight excluding hydrogens is 479 g/mol. The number of hydrogen-bond acceptors (Lipinski definition) is 5. The minimum absolute atomic E-state index is 0.0821. The number of primary amides is 1. The number of carbonyl (C=O) groups is 2. The molecule has 0 spiro atoms. The molecule has 0 heterocycles. The van der Waals surface area contributed by atoms with E-state index in [-0.39, 0.29) is 28.5 Å². The third kappa shape index (κ3) is 5.96. The number of rotatable bonds is 7. The van der Waals surface area contributed by atoms with Gasteiger partial charge in [0.15, 0.2) is 11.5 Å². The van der Waals surface area contributed by atoms with E-state index in [9.17, 15) is 31.5 Å². The van der Waals surface area contributed by atoms with Gasteiger partial charge in [0.2, 0.25) is 0 Å². The Morgan fingerprint density at radius 2 is 1.63 bits per heavy atom. The monoisotopic (exact) mass is 496 g/mol. The summed E-state index contributed by atoms with van der Waals surface area (Å²) in [6, 6.07) is 8.57. The topological polar surface area (TPSA) is 99.9 Å².